The van der Waals surface area contributed by atoms with Crippen molar-refractivity contribution in [3.05, 3.63) is 10.0 Å². The molecule has 15 heavy (non-hydrogen) atoms. The van der Waals surface area contributed by atoms with Gasteiger partial charge in [-0.15, -0.1) is 0 Å². The third-order valence-electron chi connectivity index (χ3n) is 1.30. The van der Waals surface area contributed by atoms with Gasteiger partial charge in [0.25, 0.3) is 5.24 Å². The molecular weight excluding hydrogens is 261 g/mol. The summed E-state index contributed by atoms with van der Waals surface area (Å²) in [6.07, 6.45) is 0. The van der Waals surface area contributed by atoms with E-state index in [2.05, 4.69) is 10.1 Å². The molecular formula is C7H7Cl2N3O2S. The standard InChI is InChI=1S/C7H7Cl2N3O2S/c1-2-14-12-3(5(8)13)4-6(9)15-7(10)11-4/h2H2,1H3,(H2,10,11). The number of thiazole rings is 1. The van der Waals surface area contributed by atoms with Crippen LogP contribution in [0.2, 0.25) is 4.34 Å². The van der Waals surface area contributed by atoms with Crippen LogP contribution in [0.5, 0.6) is 0 Å². The van der Waals surface area contributed by atoms with E-state index in [9.17, 15) is 4.79 Å². The van der Waals surface area contributed by atoms with Gasteiger partial charge in [-0.2, -0.15) is 0 Å². The fourth-order valence-corrected chi connectivity index (χ4v) is 1.82. The highest BCUT2D eigenvalue weighted by molar-refractivity contribution is 7.19. The Morgan fingerprint density at radius 1 is 1.73 bits per heavy atom. The van der Waals surface area contributed by atoms with Gasteiger partial charge >= 0.3 is 0 Å². The fourth-order valence-electron chi connectivity index (χ4n) is 0.764. The second kappa shape index (κ2) is 5.29. The minimum absolute atomic E-state index is 0.142. The molecule has 0 unspecified atom stereocenters. The lowest BCUT2D eigenvalue weighted by molar-refractivity contribution is -0.106. The van der Waals surface area contributed by atoms with Crippen molar-refractivity contribution in [3.8, 4) is 0 Å². The zero-order chi connectivity index (χ0) is 11.4. The molecule has 0 aliphatic carbocycles. The van der Waals surface area contributed by atoms with Gasteiger partial charge in [0.1, 0.15) is 16.6 Å². The topological polar surface area (TPSA) is 77.6 Å². The Balaban J connectivity index is 3.10. The highest BCUT2D eigenvalue weighted by Gasteiger charge is 2.20. The first-order valence-electron chi connectivity index (χ1n) is 3.88. The van der Waals surface area contributed by atoms with E-state index in [1.54, 1.807) is 6.92 Å². The normalized spacial score (nSPS) is 11.5. The van der Waals surface area contributed by atoms with Gasteiger partial charge in [-0.25, -0.2) is 4.98 Å². The molecule has 0 bridgehead atoms. The number of carbonyl (C=O) groups is 1. The van der Waals surface area contributed by atoms with Gasteiger partial charge in [0.15, 0.2) is 10.8 Å². The Morgan fingerprint density at radius 2 is 2.40 bits per heavy atom. The number of hydrogen-bond acceptors (Lipinski definition) is 6. The molecule has 82 valence electrons. The van der Waals surface area contributed by atoms with Gasteiger partial charge in [-0.3, -0.25) is 4.79 Å². The summed E-state index contributed by atoms with van der Waals surface area (Å²) in [5, 5.41) is 2.96. The predicted molar refractivity (Wildman–Crippen MR) is 60.6 cm³/mol. The summed E-state index contributed by atoms with van der Waals surface area (Å²) >= 11 is 12.1. The van der Waals surface area contributed by atoms with Gasteiger partial charge in [-0.05, 0) is 18.5 Å². The zero-order valence-corrected chi connectivity index (χ0v) is 9.99. The number of aromatic nitrogens is 1. The van der Waals surface area contributed by atoms with Crippen LogP contribution in [0.4, 0.5) is 5.13 Å². The highest BCUT2D eigenvalue weighted by Crippen LogP contribution is 2.26. The van der Waals surface area contributed by atoms with E-state index in [1.807, 2.05) is 0 Å². The van der Waals surface area contributed by atoms with Gasteiger partial charge in [-0.1, -0.05) is 28.1 Å². The Morgan fingerprint density at radius 3 is 2.80 bits per heavy atom. The lowest BCUT2D eigenvalue weighted by Gasteiger charge is -1.97. The third-order valence-corrected chi connectivity index (χ3v) is 2.56. The van der Waals surface area contributed by atoms with E-state index in [-0.39, 0.29) is 20.9 Å². The average molecular weight is 268 g/mol. The number of anilines is 1. The van der Waals surface area contributed by atoms with Crippen molar-refractivity contribution in [3.63, 3.8) is 0 Å². The van der Waals surface area contributed by atoms with E-state index in [0.29, 0.717) is 6.61 Å². The maximum Gasteiger partial charge on any atom is 0.276 e. The van der Waals surface area contributed by atoms with E-state index in [4.69, 9.17) is 33.8 Å². The van der Waals surface area contributed by atoms with E-state index in [1.165, 1.54) is 0 Å². The fraction of sp³-hybridized carbons (Fsp3) is 0.286. The summed E-state index contributed by atoms with van der Waals surface area (Å²) in [7, 11) is 0. The molecule has 0 saturated heterocycles. The molecule has 0 atom stereocenters. The van der Waals surface area contributed by atoms with Gasteiger partial charge in [0.05, 0.1) is 0 Å². The molecule has 8 heteroatoms. The van der Waals surface area contributed by atoms with Crippen LogP contribution in [-0.2, 0) is 9.63 Å². The van der Waals surface area contributed by atoms with Crippen molar-refractivity contribution in [2.24, 2.45) is 5.16 Å². The van der Waals surface area contributed by atoms with Crippen molar-refractivity contribution >= 4 is 50.6 Å². The van der Waals surface area contributed by atoms with Crippen LogP contribution >= 0.6 is 34.5 Å². The monoisotopic (exact) mass is 267 g/mol. The maximum atomic E-state index is 11.0. The molecule has 5 nitrogen and oxygen atoms in total. The second-order valence-electron chi connectivity index (χ2n) is 2.31. The van der Waals surface area contributed by atoms with Crippen LogP contribution in [0.25, 0.3) is 0 Å². The summed E-state index contributed by atoms with van der Waals surface area (Å²) in [5.41, 5.74) is 5.42. The molecule has 0 spiro atoms. The van der Waals surface area contributed by atoms with Crippen molar-refractivity contribution < 1.29 is 9.63 Å². The summed E-state index contributed by atoms with van der Waals surface area (Å²) < 4.78 is 0.250. The van der Waals surface area contributed by atoms with Crippen LogP contribution in [0, 0.1) is 0 Å². The number of nitrogens with zero attached hydrogens (tertiary/aromatic N) is 2. The summed E-state index contributed by atoms with van der Waals surface area (Å²) in [4.78, 5) is 19.6. The van der Waals surface area contributed by atoms with Crippen LogP contribution in [0.1, 0.15) is 12.6 Å². The first-order valence-corrected chi connectivity index (χ1v) is 5.45. The Bertz CT molecular complexity index is 405. The number of carbonyl (C=O) groups excluding carboxylic acids is 1. The summed E-state index contributed by atoms with van der Waals surface area (Å²) in [6.45, 7) is 2.03. The van der Waals surface area contributed by atoms with Crippen LogP contribution < -0.4 is 5.73 Å². The number of nitrogen functional groups attached to an aromatic ring is 1. The molecule has 0 aliphatic heterocycles. The number of nitrogens with two attached hydrogens (primary N) is 1. The van der Waals surface area contributed by atoms with E-state index >= 15 is 0 Å². The Hall–Kier alpha value is -0.850. The van der Waals surface area contributed by atoms with Gasteiger partial charge < -0.3 is 10.6 Å². The molecule has 1 rings (SSSR count). The van der Waals surface area contributed by atoms with Crippen LogP contribution in [0.3, 0.4) is 0 Å². The SMILES string of the molecule is CCON=C(C(=O)Cl)c1nc(N)sc1Cl. The summed E-state index contributed by atoms with van der Waals surface area (Å²) in [5.74, 6) is 0. The molecule has 0 aromatic carbocycles. The third kappa shape index (κ3) is 3.05. The minimum Gasteiger partial charge on any atom is -0.395 e. The van der Waals surface area contributed by atoms with Crippen molar-refractivity contribution in [2.45, 2.75) is 6.92 Å². The Kier molecular flexibility index (Phi) is 4.31. The number of oxime groups is 1. The van der Waals surface area contributed by atoms with Gasteiger partial charge in [0, 0.05) is 0 Å². The number of halogens is 2. The molecule has 0 amide bonds. The van der Waals surface area contributed by atoms with E-state index in [0.717, 1.165) is 11.3 Å². The van der Waals surface area contributed by atoms with Crippen LogP contribution in [0.15, 0.2) is 5.16 Å². The molecule has 2 N–H and O–H groups in total. The van der Waals surface area contributed by atoms with Crippen molar-refractivity contribution in [1.29, 1.82) is 0 Å². The average Bonchev–Trinajstić information content (AvgIpc) is 2.46. The minimum atomic E-state index is -0.796. The van der Waals surface area contributed by atoms with Gasteiger partial charge in [0.2, 0.25) is 0 Å². The quantitative estimate of drug-likeness (QED) is 0.513. The molecule has 0 aliphatic rings. The molecule has 0 saturated carbocycles. The Labute approximate surface area is 99.8 Å². The van der Waals surface area contributed by atoms with Crippen molar-refractivity contribution in [1.82, 2.24) is 4.98 Å². The second-order valence-corrected chi connectivity index (χ2v) is 4.28. The van der Waals surface area contributed by atoms with E-state index < -0.39 is 5.24 Å². The maximum absolute atomic E-state index is 11.0. The lowest BCUT2D eigenvalue weighted by Crippen LogP contribution is -2.11. The molecule has 0 fully saturated rings. The molecule has 1 aromatic rings. The molecule has 1 aromatic heterocycles. The predicted octanol–water partition coefficient (Wildman–Crippen LogP) is 1.88. The zero-order valence-electron chi connectivity index (χ0n) is 7.66. The largest absolute Gasteiger partial charge is 0.395 e. The smallest absolute Gasteiger partial charge is 0.276 e. The summed E-state index contributed by atoms with van der Waals surface area (Å²) in [6, 6.07) is 0. The first kappa shape index (κ1) is 12.2. The molecule has 1 heterocycles. The number of rotatable bonds is 4. The number of hydrogen-bond donors (Lipinski definition) is 1. The van der Waals surface area contributed by atoms with Crippen molar-refractivity contribution in [2.75, 3.05) is 12.3 Å². The molecule has 0 radical (unpaired) electrons. The van der Waals surface area contributed by atoms with Crippen LogP contribution in [-0.4, -0.2) is 22.5 Å². The first-order chi connectivity index (χ1) is 7.06. The lowest BCUT2D eigenvalue weighted by atomic mass is 10.3. The highest BCUT2D eigenvalue weighted by atomic mass is 35.5.